The summed E-state index contributed by atoms with van der Waals surface area (Å²) >= 11 is 0. The van der Waals surface area contributed by atoms with Gasteiger partial charge in [-0.15, -0.1) is 0 Å². The van der Waals surface area contributed by atoms with Crippen molar-refractivity contribution in [1.29, 1.82) is 0 Å². The Labute approximate surface area is 379 Å². The van der Waals surface area contributed by atoms with Crippen LogP contribution in [0.25, 0.3) is 0 Å². The minimum atomic E-state index is -1.42. The Morgan fingerprint density at radius 2 is 1.66 bits per heavy atom. The van der Waals surface area contributed by atoms with Crippen molar-refractivity contribution in [3.05, 3.63) is 77.9 Å². The maximum Gasteiger partial charge on any atom is 0.325 e. The van der Waals surface area contributed by atoms with Crippen LogP contribution in [0.5, 0.6) is 5.75 Å². The van der Waals surface area contributed by atoms with Crippen LogP contribution in [0, 0.1) is 29.6 Å². The van der Waals surface area contributed by atoms with E-state index in [0.29, 0.717) is 37.1 Å². The molecule has 354 valence electrons. The van der Waals surface area contributed by atoms with Crippen LogP contribution < -0.4 is 16.1 Å². The molecule has 64 heavy (non-hydrogen) atoms. The van der Waals surface area contributed by atoms with Crippen LogP contribution in [0.15, 0.2) is 72.4 Å². The maximum absolute atomic E-state index is 14.4. The first-order valence-electron chi connectivity index (χ1n) is 22.7. The molecule has 15 heteroatoms. The number of carbonyl (C=O) groups is 6. The summed E-state index contributed by atoms with van der Waals surface area (Å²) in [6, 6.07) is 2.93. The van der Waals surface area contributed by atoms with Crippen LogP contribution in [-0.2, 0) is 39.9 Å². The van der Waals surface area contributed by atoms with Crippen molar-refractivity contribution in [1.82, 2.24) is 26.0 Å². The van der Waals surface area contributed by atoms with Crippen molar-refractivity contribution in [2.24, 2.45) is 29.6 Å². The number of Topliss-reactive ketones (excluding diaryl/α,β-unsaturated/α-hetero) is 1. The highest BCUT2D eigenvalue weighted by atomic mass is 16.5. The summed E-state index contributed by atoms with van der Waals surface area (Å²) in [7, 11) is 0. The number of ether oxygens (including phenoxy) is 1. The largest absolute Gasteiger partial charge is 0.508 e. The van der Waals surface area contributed by atoms with Gasteiger partial charge in [-0.3, -0.25) is 29.0 Å². The third-order valence-corrected chi connectivity index (χ3v) is 11.3. The first-order valence-corrected chi connectivity index (χ1v) is 22.7. The van der Waals surface area contributed by atoms with E-state index in [0.717, 1.165) is 0 Å². The number of esters is 1. The highest BCUT2D eigenvalue weighted by Crippen LogP contribution is 2.24. The smallest absolute Gasteiger partial charge is 0.325 e. The number of ketones is 1. The third kappa shape index (κ3) is 17.1. The van der Waals surface area contributed by atoms with Gasteiger partial charge in [0.2, 0.25) is 17.7 Å². The standard InChI is InChI=1S/C49H73N5O10/c1-30(2)28-53(29-31(3)4)43(58)22-13-16-33(7)42-21-12-10-11-20-41(57)35(9)45(59)38(24-23-34(8)55)46(60)51-44(32(5)6)47(61)50-40(27-36-17-14-18-37(56)26-36)48(62)54-25-15-19-39(52-54)49(63)64-42/h10-14,16-18,20,22,26,30-32,35,38-42,44-45,52,56-57,59H,15,19,21,23-25,27-29H2,1-9H3,(H,50,61)(H,51,60)/t35-,38+,39?,40-,41-,42-,44-,45+/m0/s1. The molecule has 2 bridgehead atoms. The average molecular weight is 892 g/mol. The van der Waals surface area contributed by atoms with E-state index >= 15 is 0 Å². The zero-order chi connectivity index (χ0) is 47.7. The maximum atomic E-state index is 14.4. The van der Waals surface area contributed by atoms with E-state index < -0.39 is 77.9 Å². The number of hydrogen-bond acceptors (Lipinski definition) is 11. The normalized spacial score (nSPS) is 26.1. The number of allylic oxidation sites excluding steroid dienone is 4. The van der Waals surface area contributed by atoms with Gasteiger partial charge in [0.25, 0.3) is 5.91 Å². The van der Waals surface area contributed by atoms with E-state index in [1.807, 2.05) is 4.90 Å². The summed E-state index contributed by atoms with van der Waals surface area (Å²) in [6.45, 7) is 17.8. The Bertz CT molecular complexity index is 1860. The molecule has 4 amide bonds. The number of rotatable bonds is 13. The number of carbonyl (C=O) groups excluding carboxylic acids is 6. The molecule has 1 saturated heterocycles. The lowest BCUT2D eigenvalue weighted by atomic mass is 9.84. The van der Waals surface area contributed by atoms with Gasteiger partial charge < -0.3 is 40.4 Å². The Kier molecular flexibility index (Phi) is 21.6. The Morgan fingerprint density at radius 1 is 0.969 bits per heavy atom. The monoisotopic (exact) mass is 892 g/mol. The second-order valence-electron chi connectivity index (χ2n) is 18.4. The van der Waals surface area contributed by atoms with Crippen LogP contribution in [0.3, 0.4) is 0 Å². The summed E-state index contributed by atoms with van der Waals surface area (Å²) in [6.07, 6.45) is 8.76. The summed E-state index contributed by atoms with van der Waals surface area (Å²) in [5.74, 6) is -4.92. The fourth-order valence-corrected chi connectivity index (χ4v) is 7.68. The number of nitrogens with zero attached hydrogens (tertiary/aromatic N) is 2. The fraction of sp³-hybridized carbons (Fsp3) is 0.592. The highest BCUT2D eigenvalue weighted by molar-refractivity contribution is 5.93. The topological polar surface area (TPSA) is 215 Å². The van der Waals surface area contributed by atoms with Crippen LogP contribution in [0.4, 0.5) is 0 Å². The second-order valence-corrected chi connectivity index (χ2v) is 18.4. The van der Waals surface area contributed by atoms with E-state index in [4.69, 9.17) is 4.74 Å². The van der Waals surface area contributed by atoms with E-state index in [-0.39, 0.29) is 61.5 Å². The lowest BCUT2D eigenvalue weighted by Crippen LogP contribution is -2.62. The molecule has 15 nitrogen and oxygen atoms in total. The third-order valence-electron chi connectivity index (χ3n) is 11.3. The number of phenols is 1. The number of aliphatic hydroxyl groups excluding tert-OH is 2. The summed E-state index contributed by atoms with van der Waals surface area (Å²) < 4.78 is 6.11. The van der Waals surface area contributed by atoms with E-state index in [1.54, 1.807) is 70.2 Å². The molecule has 0 saturated carbocycles. The van der Waals surface area contributed by atoms with E-state index in [2.05, 4.69) is 43.8 Å². The number of hydrazine groups is 1. The van der Waals surface area contributed by atoms with Crippen LogP contribution in [-0.4, -0.2) is 117 Å². The SMILES string of the molecule is CC(=O)CC[C@H]1C(=O)N[C@@H](C(C)C)C(=O)N[C@@H](Cc2cccc(O)c2)C(=O)N2CCCC(N2)C(=O)O[C@H](C(C)=CC=CC(=O)N(CC(C)C)CC(C)C)CC=CC=C[C@H](O)[C@H](C)[C@H]1O. The van der Waals surface area contributed by atoms with Crippen molar-refractivity contribution in [3.8, 4) is 5.75 Å². The van der Waals surface area contributed by atoms with Crippen molar-refractivity contribution in [2.45, 2.75) is 137 Å². The van der Waals surface area contributed by atoms with Gasteiger partial charge in [0.1, 0.15) is 35.8 Å². The number of aliphatic hydroxyl groups is 2. The first-order chi connectivity index (χ1) is 30.2. The molecule has 0 radical (unpaired) electrons. The van der Waals surface area contributed by atoms with Crippen LogP contribution >= 0.6 is 0 Å². The minimum absolute atomic E-state index is 0.0280. The Balaban J connectivity index is 2.07. The van der Waals surface area contributed by atoms with E-state index in [9.17, 15) is 44.1 Å². The molecule has 0 aliphatic carbocycles. The molecule has 8 atom stereocenters. The number of aromatic hydroxyl groups is 1. The lowest BCUT2D eigenvalue weighted by Gasteiger charge is -2.36. The van der Waals surface area contributed by atoms with Crippen molar-refractivity contribution < 1.29 is 48.8 Å². The predicted molar refractivity (Wildman–Crippen MR) is 245 cm³/mol. The fourth-order valence-electron chi connectivity index (χ4n) is 7.68. The molecule has 2 aliphatic rings. The van der Waals surface area contributed by atoms with Crippen LogP contribution in [0.2, 0.25) is 0 Å². The molecule has 1 aromatic rings. The molecule has 1 unspecified atom stereocenters. The van der Waals surface area contributed by atoms with Gasteiger partial charge in [0, 0.05) is 50.9 Å². The van der Waals surface area contributed by atoms with Crippen molar-refractivity contribution in [3.63, 3.8) is 0 Å². The average Bonchev–Trinajstić information content (AvgIpc) is 3.22. The molecular weight excluding hydrogens is 819 g/mol. The molecule has 0 aromatic heterocycles. The van der Waals surface area contributed by atoms with Gasteiger partial charge in [-0.2, -0.15) is 0 Å². The number of phenolic OH excluding ortho intramolecular Hbond substituents is 1. The Hall–Kier alpha value is -5.12. The summed E-state index contributed by atoms with van der Waals surface area (Å²) in [5, 5.41) is 39.8. The quantitative estimate of drug-likeness (QED) is 0.0924. The number of fused-ring (bicyclic) bond motifs is 2. The van der Waals surface area contributed by atoms with E-state index in [1.165, 1.54) is 36.2 Å². The lowest BCUT2D eigenvalue weighted by molar-refractivity contribution is -0.156. The summed E-state index contributed by atoms with van der Waals surface area (Å²) in [4.78, 5) is 83.5. The Morgan fingerprint density at radius 3 is 2.28 bits per heavy atom. The molecule has 0 spiro atoms. The second kappa shape index (κ2) is 26.0. The predicted octanol–water partition coefficient (Wildman–Crippen LogP) is 4.47. The number of benzene rings is 1. The number of cyclic esters (lactones) is 1. The summed E-state index contributed by atoms with van der Waals surface area (Å²) in [5.41, 5.74) is 4.20. The molecule has 2 aliphatic heterocycles. The highest BCUT2D eigenvalue weighted by Gasteiger charge is 2.38. The zero-order valence-electron chi connectivity index (χ0n) is 39.2. The first kappa shape index (κ1) is 53.2. The molecule has 1 fully saturated rings. The zero-order valence-corrected chi connectivity index (χ0v) is 39.2. The molecule has 6 N–H and O–H groups in total. The molecular formula is C49H73N5O10. The van der Waals surface area contributed by atoms with Gasteiger partial charge in [-0.1, -0.05) is 97.1 Å². The molecule has 2 heterocycles. The number of nitrogens with one attached hydrogen (secondary N) is 3. The molecule has 1 aromatic carbocycles. The van der Waals surface area contributed by atoms with Gasteiger partial charge >= 0.3 is 5.97 Å². The minimum Gasteiger partial charge on any atom is -0.508 e. The number of hydrogen-bond donors (Lipinski definition) is 6. The van der Waals surface area contributed by atoms with Gasteiger partial charge in [-0.05, 0) is 74.1 Å². The molecule has 3 rings (SSSR count). The van der Waals surface area contributed by atoms with Crippen molar-refractivity contribution in [2.75, 3.05) is 19.6 Å². The van der Waals surface area contributed by atoms with Crippen LogP contribution in [0.1, 0.15) is 100.0 Å². The van der Waals surface area contributed by atoms with Crippen molar-refractivity contribution >= 4 is 35.4 Å². The van der Waals surface area contributed by atoms with Gasteiger partial charge in [0.15, 0.2) is 0 Å². The van der Waals surface area contributed by atoms with Gasteiger partial charge in [-0.25, -0.2) is 5.43 Å². The van der Waals surface area contributed by atoms with Gasteiger partial charge in [0.05, 0.1) is 18.1 Å². The number of amides is 4.